The topological polar surface area (TPSA) is 67.9 Å². The number of amides is 2. The zero-order valence-corrected chi connectivity index (χ0v) is 19.8. The molecule has 6 nitrogen and oxygen atoms in total. The predicted molar refractivity (Wildman–Crippen MR) is 123 cm³/mol. The first kappa shape index (κ1) is 23.1. The van der Waals surface area contributed by atoms with Gasteiger partial charge in [-0.3, -0.25) is 9.59 Å². The minimum Gasteiger partial charge on any atom is -0.454 e. The number of carbonyl (C=O) groups is 2. The summed E-state index contributed by atoms with van der Waals surface area (Å²) < 4.78 is 11.7. The molecule has 31 heavy (non-hydrogen) atoms. The quantitative estimate of drug-likeness (QED) is 0.571. The Morgan fingerprint density at radius 2 is 1.84 bits per heavy atom. The molecule has 1 heterocycles. The van der Waals surface area contributed by atoms with Crippen LogP contribution in [0.3, 0.4) is 0 Å². The SMILES string of the molecule is CC(C)CNC(=O)C(C)N(Cc1cccc(Br)c1)C(=O)CCc1ccc2c(c1)OCO2. The fourth-order valence-electron chi connectivity index (χ4n) is 3.36. The van der Waals surface area contributed by atoms with Crippen LogP contribution < -0.4 is 14.8 Å². The molecular formula is C24H29BrN2O4. The third-order valence-electron chi connectivity index (χ3n) is 5.16. The van der Waals surface area contributed by atoms with Gasteiger partial charge in [-0.25, -0.2) is 0 Å². The van der Waals surface area contributed by atoms with Crippen LogP contribution in [0.15, 0.2) is 46.9 Å². The van der Waals surface area contributed by atoms with Crippen molar-refractivity contribution in [3.05, 3.63) is 58.1 Å². The Kier molecular flexibility index (Phi) is 7.96. The van der Waals surface area contributed by atoms with E-state index in [4.69, 9.17) is 9.47 Å². The summed E-state index contributed by atoms with van der Waals surface area (Å²) in [6, 6.07) is 12.9. The number of aryl methyl sites for hydroxylation is 1. The van der Waals surface area contributed by atoms with E-state index in [1.807, 2.05) is 56.3 Å². The number of nitrogens with one attached hydrogen (secondary N) is 1. The monoisotopic (exact) mass is 488 g/mol. The highest BCUT2D eigenvalue weighted by Gasteiger charge is 2.26. The summed E-state index contributed by atoms with van der Waals surface area (Å²) >= 11 is 3.48. The number of nitrogens with zero attached hydrogens (tertiary/aromatic N) is 1. The van der Waals surface area contributed by atoms with Gasteiger partial charge < -0.3 is 19.7 Å². The summed E-state index contributed by atoms with van der Waals surface area (Å²) in [6.45, 7) is 7.05. The van der Waals surface area contributed by atoms with Crippen molar-refractivity contribution in [1.82, 2.24) is 10.2 Å². The summed E-state index contributed by atoms with van der Waals surface area (Å²) in [4.78, 5) is 27.6. The summed E-state index contributed by atoms with van der Waals surface area (Å²) in [5, 5.41) is 2.94. The van der Waals surface area contributed by atoms with Crippen LogP contribution in [0.1, 0.15) is 38.3 Å². The van der Waals surface area contributed by atoms with E-state index < -0.39 is 6.04 Å². The maximum absolute atomic E-state index is 13.2. The Hall–Kier alpha value is -2.54. The number of hydrogen-bond acceptors (Lipinski definition) is 4. The van der Waals surface area contributed by atoms with Crippen molar-refractivity contribution < 1.29 is 19.1 Å². The average Bonchev–Trinajstić information content (AvgIpc) is 3.21. The molecule has 0 saturated heterocycles. The maximum atomic E-state index is 13.2. The van der Waals surface area contributed by atoms with Crippen LogP contribution in [0.4, 0.5) is 0 Å². The van der Waals surface area contributed by atoms with E-state index in [0.717, 1.165) is 21.3 Å². The first-order valence-corrected chi connectivity index (χ1v) is 11.3. The van der Waals surface area contributed by atoms with Gasteiger partial charge in [0.1, 0.15) is 6.04 Å². The molecule has 1 aliphatic rings. The van der Waals surface area contributed by atoms with Gasteiger partial charge in [-0.15, -0.1) is 0 Å². The molecule has 1 atom stereocenters. The Labute approximate surface area is 192 Å². The van der Waals surface area contributed by atoms with Gasteiger partial charge in [0.2, 0.25) is 18.6 Å². The van der Waals surface area contributed by atoms with E-state index in [1.165, 1.54) is 0 Å². The van der Waals surface area contributed by atoms with Gasteiger partial charge in [-0.05, 0) is 54.7 Å². The highest BCUT2D eigenvalue weighted by Crippen LogP contribution is 2.32. The van der Waals surface area contributed by atoms with Crippen molar-refractivity contribution in [2.75, 3.05) is 13.3 Å². The number of fused-ring (bicyclic) bond motifs is 1. The summed E-state index contributed by atoms with van der Waals surface area (Å²) in [7, 11) is 0. The molecule has 0 fully saturated rings. The molecule has 2 aromatic rings. The Morgan fingerprint density at radius 1 is 1.06 bits per heavy atom. The molecule has 2 aromatic carbocycles. The smallest absolute Gasteiger partial charge is 0.242 e. The third kappa shape index (κ3) is 6.47. The molecule has 2 amide bonds. The van der Waals surface area contributed by atoms with Crippen molar-refractivity contribution in [2.45, 2.75) is 46.2 Å². The number of benzene rings is 2. The zero-order valence-electron chi connectivity index (χ0n) is 18.2. The van der Waals surface area contributed by atoms with Crippen LogP contribution in [0.5, 0.6) is 11.5 Å². The second kappa shape index (κ2) is 10.7. The predicted octanol–water partition coefficient (Wildman–Crippen LogP) is 4.30. The van der Waals surface area contributed by atoms with Crippen LogP contribution in [-0.2, 0) is 22.6 Å². The molecule has 1 aliphatic heterocycles. The van der Waals surface area contributed by atoms with Crippen molar-refractivity contribution in [3.8, 4) is 11.5 Å². The van der Waals surface area contributed by atoms with Gasteiger partial charge in [-0.2, -0.15) is 0 Å². The van der Waals surface area contributed by atoms with Crippen LogP contribution in [0, 0.1) is 5.92 Å². The average molecular weight is 489 g/mol. The molecule has 0 aliphatic carbocycles. The van der Waals surface area contributed by atoms with Crippen molar-refractivity contribution in [2.24, 2.45) is 5.92 Å². The minimum absolute atomic E-state index is 0.0650. The lowest BCUT2D eigenvalue weighted by Gasteiger charge is -2.29. The number of rotatable bonds is 9. The molecule has 7 heteroatoms. The lowest BCUT2D eigenvalue weighted by atomic mass is 10.1. The van der Waals surface area contributed by atoms with Gasteiger partial charge in [0.15, 0.2) is 11.5 Å². The van der Waals surface area contributed by atoms with Crippen LogP contribution in [-0.4, -0.2) is 36.1 Å². The van der Waals surface area contributed by atoms with E-state index in [2.05, 4.69) is 21.2 Å². The zero-order chi connectivity index (χ0) is 22.4. The maximum Gasteiger partial charge on any atom is 0.242 e. The molecule has 1 N–H and O–H groups in total. The van der Waals surface area contributed by atoms with Crippen molar-refractivity contribution in [1.29, 1.82) is 0 Å². The number of ether oxygens (including phenoxy) is 2. The number of halogens is 1. The molecule has 166 valence electrons. The third-order valence-corrected chi connectivity index (χ3v) is 5.65. The standard InChI is InChI=1S/C24H29BrN2O4/c1-16(2)13-26-24(29)17(3)27(14-19-5-4-6-20(25)11-19)23(28)10-8-18-7-9-21-22(12-18)31-15-30-21/h4-7,9,11-12,16-17H,8,10,13-15H2,1-3H3,(H,26,29). The molecule has 0 bridgehead atoms. The fourth-order valence-corrected chi connectivity index (χ4v) is 3.81. The van der Waals surface area contributed by atoms with E-state index in [-0.39, 0.29) is 18.6 Å². The second-order valence-corrected chi connectivity index (χ2v) is 9.07. The molecule has 0 radical (unpaired) electrons. The lowest BCUT2D eigenvalue weighted by Crippen LogP contribution is -2.48. The first-order valence-electron chi connectivity index (χ1n) is 10.5. The highest BCUT2D eigenvalue weighted by molar-refractivity contribution is 9.10. The minimum atomic E-state index is -0.568. The van der Waals surface area contributed by atoms with E-state index in [9.17, 15) is 9.59 Å². The number of carbonyl (C=O) groups excluding carboxylic acids is 2. The van der Waals surface area contributed by atoms with Gasteiger partial charge in [0, 0.05) is 24.0 Å². The molecule has 0 saturated carbocycles. The van der Waals surface area contributed by atoms with E-state index in [1.54, 1.807) is 11.8 Å². The fraction of sp³-hybridized carbons (Fsp3) is 0.417. The summed E-state index contributed by atoms with van der Waals surface area (Å²) in [5.74, 6) is 1.57. The molecular weight excluding hydrogens is 460 g/mol. The lowest BCUT2D eigenvalue weighted by molar-refractivity contribution is -0.140. The van der Waals surface area contributed by atoms with Crippen molar-refractivity contribution in [3.63, 3.8) is 0 Å². The van der Waals surface area contributed by atoms with Crippen molar-refractivity contribution >= 4 is 27.7 Å². The Bertz CT molecular complexity index is 932. The van der Waals surface area contributed by atoms with Crippen LogP contribution in [0.2, 0.25) is 0 Å². The van der Waals surface area contributed by atoms with Crippen LogP contribution in [0.25, 0.3) is 0 Å². The van der Waals surface area contributed by atoms with Gasteiger partial charge in [-0.1, -0.05) is 48.0 Å². The molecule has 3 rings (SSSR count). The summed E-state index contributed by atoms with van der Waals surface area (Å²) in [5.41, 5.74) is 1.96. The summed E-state index contributed by atoms with van der Waals surface area (Å²) in [6.07, 6.45) is 0.861. The van der Waals surface area contributed by atoms with Gasteiger partial charge in [0.25, 0.3) is 0 Å². The van der Waals surface area contributed by atoms with Crippen LogP contribution >= 0.6 is 15.9 Å². The van der Waals surface area contributed by atoms with E-state index in [0.29, 0.717) is 37.6 Å². The van der Waals surface area contributed by atoms with Gasteiger partial charge >= 0.3 is 0 Å². The molecule has 0 spiro atoms. The normalized spacial score (nSPS) is 13.2. The van der Waals surface area contributed by atoms with E-state index >= 15 is 0 Å². The molecule has 1 unspecified atom stereocenters. The van der Waals surface area contributed by atoms with Gasteiger partial charge in [0.05, 0.1) is 0 Å². The number of hydrogen-bond donors (Lipinski definition) is 1. The first-order chi connectivity index (χ1) is 14.8. The highest BCUT2D eigenvalue weighted by atomic mass is 79.9. The largest absolute Gasteiger partial charge is 0.454 e. The molecule has 0 aromatic heterocycles. The Balaban J connectivity index is 1.70. The second-order valence-electron chi connectivity index (χ2n) is 8.15. The Morgan fingerprint density at radius 3 is 2.58 bits per heavy atom.